The highest BCUT2D eigenvalue weighted by Gasteiger charge is 2.22. The molecule has 1 unspecified atom stereocenters. The number of benzene rings is 1. The molecule has 1 aromatic carbocycles. The molecule has 0 fully saturated rings. The van der Waals surface area contributed by atoms with E-state index in [9.17, 15) is 13.2 Å². The Morgan fingerprint density at radius 3 is 2.18 bits per heavy atom. The van der Waals surface area contributed by atoms with E-state index in [0.29, 0.717) is 6.42 Å². The second-order valence-electron chi connectivity index (χ2n) is 6.28. The Hall–Kier alpha value is -1.40. The monoisotopic (exact) mass is 327 g/mol. The molecule has 0 bridgehead atoms. The first kappa shape index (κ1) is 18.6. The smallest absolute Gasteiger partial charge is 0.307 e. The van der Waals surface area contributed by atoms with Gasteiger partial charge in [0.15, 0.2) is 0 Å². The van der Waals surface area contributed by atoms with Crippen molar-refractivity contribution in [3.8, 4) is 0 Å². The van der Waals surface area contributed by atoms with Gasteiger partial charge < -0.3 is 4.74 Å². The zero-order valence-corrected chi connectivity index (χ0v) is 14.7. The van der Waals surface area contributed by atoms with Gasteiger partial charge in [0, 0.05) is 6.04 Å². The van der Waals surface area contributed by atoms with Crippen LogP contribution in [-0.4, -0.2) is 27.5 Å². The van der Waals surface area contributed by atoms with Crippen LogP contribution in [0.25, 0.3) is 0 Å². The number of nitrogens with one attached hydrogen (secondary N) is 1. The number of ether oxygens (including phenoxy) is 1. The lowest BCUT2D eigenvalue weighted by molar-refractivity contribution is -0.141. The summed E-state index contributed by atoms with van der Waals surface area (Å²) >= 11 is 0. The van der Waals surface area contributed by atoms with Crippen molar-refractivity contribution in [3.63, 3.8) is 0 Å². The maximum Gasteiger partial charge on any atom is 0.307 e. The highest BCUT2D eigenvalue weighted by atomic mass is 32.2. The van der Waals surface area contributed by atoms with Gasteiger partial charge in [0.2, 0.25) is 10.0 Å². The van der Waals surface area contributed by atoms with Crippen molar-refractivity contribution in [2.24, 2.45) is 0 Å². The first-order chi connectivity index (χ1) is 10.1. The van der Waals surface area contributed by atoms with Crippen LogP contribution in [-0.2, 0) is 25.0 Å². The molecular formula is C16H25NO4S. The quantitative estimate of drug-likeness (QED) is 0.815. The molecule has 1 aromatic rings. The number of esters is 1. The SMILES string of the molecule is CCC(CC(=O)OC)NS(=O)(=O)c1ccc(C(C)(C)C)cc1. The largest absolute Gasteiger partial charge is 0.469 e. The summed E-state index contributed by atoms with van der Waals surface area (Å²) in [6, 6.07) is 6.34. The maximum atomic E-state index is 12.4. The van der Waals surface area contributed by atoms with Crippen LogP contribution in [0.3, 0.4) is 0 Å². The van der Waals surface area contributed by atoms with Crippen molar-refractivity contribution in [2.45, 2.75) is 56.9 Å². The van der Waals surface area contributed by atoms with E-state index in [1.807, 2.05) is 19.1 Å². The predicted octanol–water partition coefficient (Wildman–Crippen LogP) is 2.60. The summed E-state index contributed by atoms with van der Waals surface area (Å²) in [6.45, 7) is 8.02. The Labute approximate surface area is 133 Å². The van der Waals surface area contributed by atoms with Crippen molar-refractivity contribution >= 4 is 16.0 Å². The van der Waals surface area contributed by atoms with Crippen LogP contribution in [0.4, 0.5) is 0 Å². The number of carbonyl (C=O) groups excluding carboxylic acids is 1. The van der Waals surface area contributed by atoms with Gasteiger partial charge in [-0.3, -0.25) is 4.79 Å². The lowest BCUT2D eigenvalue weighted by Gasteiger charge is -2.20. The molecule has 1 N–H and O–H groups in total. The molecule has 0 aliphatic rings. The minimum Gasteiger partial charge on any atom is -0.469 e. The van der Waals surface area contributed by atoms with Crippen LogP contribution in [0.5, 0.6) is 0 Å². The van der Waals surface area contributed by atoms with E-state index < -0.39 is 22.0 Å². The second kappa shape index (κ2) is 7.24. The average Bonchev–Trinajstić information content (AvgIpc) is 2.45. The van der Waals surface area contributed by atoms with Crippen LogP contribution in [0.1, 0.15) is 46.1 Å². The van der Waals surface area contributed by atoms with E-state index in [2.05, 4.69) is 30.2 Å². The summed E-state index contributed by atoms with van der Waals surface area (Å²) in [5.74, 6) is -0.433. The van der Waals surface area contributed by atoms with Gasteiger partial charge in [0.25, 0.3) is 0 Å². The fourth-order valence-corrected chi connectivity index (χ4v) is 3.29. The fraction of sp³-hybridized carbons (Fsp3) is 0.562. The minimum absolute atomic E-state index is 0.0201. The molecule has 0 aliphatic carbocycles. The third kappa shape index (κ3) is 5.10. The van der Waals surface area contributed by atoms with Crippen molar-refractivity contribution in [1.82, 2.24) is 4.72 Å². The fourth-order valence-electron chi connectivity index (χ4n) is 1.98. The van der Waals surface area contributed by atoms with E-state index in [4.69, 9.17) is 0 Å². The number of carbonyl (C=O) groups is 1. The molecule has 0 heterocycles. The average molecular weight is 327 g/mol. The summed E-state index contributed by atoms with van der Waals surface area (Å²) in [6.07, 6.45) is 0.528. The maximum absolute atomic E-state index is 12.4. The molecule has 0 amide bonds. The third-order valence-corrected chi connectivity index (χ3v) is 5.02. The van der Waals surface area contributed by atoms with Gasteiger partial charge in [0.1, 0.15) is 0 Å². The van der Waals surface area contributed by atoms with E-state index in [1.165, 1.54) is 7.11 Å². The molecule has 0 saturated carbocycles. The topological polar surface area (TPSA) is 72.5 Å². The molecule has 1 atom stereocenters. The van der Waals surface area contributed by atoms with Gasteiger partial charge in [0.05, 0.1) is 18.4 Å². The van der Waals surface area contributed by atoms with Crippen molar-refractivity contribution in [2.75, 3.05) is 7.11 Å². The summed E-state index contributed by atoms with van der Waals surface area (Å²) in [7, 11) is -2.36. The molecular weight excluding hydrogens is 302 g/mol. The molecule has 124 valence electrons. The molecule has 0 radical (unpaired) electrons. The summed E-state index contributed by atoms with van der Waals surface area (Å²) in [4.78, 5) is 11.5. The Kier molecular flexibility index (Phi) is 6.14. The Morgan fingerprint density at radius 2 is 1.77 bits per heavy atom. The zero-order chi connectivity index (χ0) is 17.0. The number of sulfonamides is 1. The molecule has 0 saturated heterocycles. The summed E-state index contributed by atoms with van der Waals surface area (Å²) in [5, 5.41) is 0. The zero-order valence-electron chi connectivity index (χ0n) is 13.8. The number of rotatable bonds is 6. The van der Waals surface area contributed by atoms with Gasteiger partial charge in [-0.2, -0.15) is 0 Å². The van der Waals surface area contributed by atoms with Gasteiger partial charge in [-0.05, 0) is 29.5 Å². The van der Waals surface area contributed by atoms with Crippen LogP contribution in [0.2, 0.25) is 0 Å². The Morgan fingerprint density at radius 1 is 1.23 bits per heavy atom. The lowest BCUT2D eigenvalue weighted by Crippen LogP contribution is -2.36. The third-order valence-electron chi connectivity index (χ3n) is 3.49. The molecule has 22 heavy (non-hydrogen) atoms. The lowest BCUT2D eigenvalue weighted by atomic mass is 9.87. The van der Waals surface area contributed by atoms with Gasteiger partial charge in [-0.1, -0.05) is 39.8 Å². The van der Waals surface area contributed by atoms with Crippen LogP contribution >= 0.6 is 0 Å². The normalized spacial score (nSPS) is 13.7. The highest BCUT2D eigenvalue weighted by molar-refractivity contribution is 7.89. The first-order valence-electron chi connectivity index (χ1n) is 7.30. The standard InChI is InChI=1S/C16H25NO4S/c1-6-13(11-15(18)21-5)17-22(19,20)14-9-7-12(8-10-14)16(2,3)4/h7-10,13,17H,6,11H2,1-5H3. The predicted molar refractivity (Wildman–Crippen MR) is 86.2 cm³/mol. The van der Waals surface area contributed by atoms with Crippen LogP contribution < -0.4 is 4.72 Å². The van der Waals surface area contributed by atoms with E-state index in [1.54, 1.807) is 12.1 Å². The minimum atomic E-state index is -3.65. The van der Waals surface area contributed by atoms with E-state index in [-0.39, 0.29) is 16.7 Å². The summed E-state index contributed by atoms with van der Waals surface area (Å²) < 4.78 is 31.9. The molecule has 0 aromatic heterocycles. The van der Waals surface area contributed by atoms with Crippen LogP contribution in [0.15, 0.2) is 29.2 Å². The van der Waals surface area contributed by atoms with Crippen molar-refractivity contribution in [3.05, 3.63) is 29.8 Å². The summed E-state index contributed by atoms with van der Waals surface area (Å²) in [5.41, 5.74) is 1.03. The van der Waals surface area contributed by atoms with E-state index in [0.717, 1.165) is 5.56 Å². The Balaban J connectivity index is 2.92. The first-order valence-corrected chi connectivity index (χ1v) is 8.78. The Bertz CT molecular complexity index is 600. The number of hydrogen-bond donors (Lipinski definition) is 1. The molecule has 0 spiro atoms. The van der Waals surface area contributed by atoms with Crippen molar-refractivity contribution in [1.29, 1.82) is 0 Å². The second-order valence-corrected chi connectivity index (χ2v) is 8.00. The van der Waals surface area contributed by atoms with Crippen molar-refractivity contribution < 1.29 is 17.9 Å². The molecule has 6 heteroatoms. The number of hydrogen-bond acceptors (Lipinski definition) is 4. The highest BCUT2D eigenvalue weighted by Crippen LogP contribution is 2.23. The van der Waals surface area contributed by atoms with Gasteiger partial charge >= 0.3 is 5.97 Å². The van der Waals surface area contributed by atoms with Gasteiger partial charge in [-0.15, -0.1) is 0 Å². The van der Waals surface area contributed by atoms with Crippen LogP contribution in [0, 0.1) is 0 Å². The number of methoxy groups -OCH3 is 1. The molecule has 1 rings (SSSR count). The molecule has 5 nitrogen and oxygen atoms in total. The van der Waals surface area contributed by atoms with Gasteiger partial charge in [-0.25, -0.2) is 13.1 Å². The van der Waals surface area contributed by atoms with E-state index >= 15 is 0 Å². The molecule has 0 aliphatic heterocycles.